The normalized spacial score (nSPS) is 20.1. The first-order chi connectivity index (χ1) is 7.29. The first-order valence-corrected chi connectivity index (χ1v) is 5.53. The number of rotatable bonds is 3. The molecule has 3 nitrogen and oxygen atoms in total. The summed E-state index contributed by atoms with van der Waals surface area (Å²) in [7, 11) is 0. The second kappa shape index (κ2) is 4.62. The Labute approximate surface area is 89.1 Å². The summed E-state index contributed by atoms with van der Waals surface area (Å²) in [5.74, 6) is -0.0585. The van der Waals surface area contributed by atoms with Gasteiger partial charge < -0.3 is 9.52 Å². The number of hydrogen-bond acceptors (Lipinski definition) is 3. The molecule has 1 aliphatic carbocycles. The first-order valence-electron chi connectivity index (χ1n) is 5.53. The van der Waals surface area contributed by atoms with Crippen LogP contribution >= 0.6 is 0 Å². The van der Waals surface area contributed by atoms with E-state index in [1.165, 1.54) is 18.9 Å². The maximum Gasteiger partial charge on any atom is 0.194 e. The highest BCUT2D eigenvalue weighted by atomic mass is 16.3. The molecule has 0 saturated heterocycles. The highest BCUT2D eigenvalue weighted by molar-refractivity contribution is 5.99. The Kier molecular flexibility index (Phi) is 3.21. The van der Waals surface area contributed by atoms with E-state index in [2.05, 4.69) is 0 Å². The molecule has 15 heavy (non-hydrogen) atoms. The van der Waals surface area contributed by atoms with Gasteiger partial charge in [-0.3, -0.25) is 4.79 Å². The van der Waals surface area contributed by atoms with E-state index in [0.717, 1.165) is 25.7 Å². The van der Waals surface area contributed by atoms with Crippen molar-refractivity contribution in [3.05, 3.63) is 24.2 Å². The maximum absolute atomic E-state index is 11.8. The molecule has 0 amide bonds. The Morgan fingerprint density at radius 2 is 2.13 bits per heavy atom. The molecule has 1 fully saturated rings. The SMILES string of the molecule is O=C(c1ccoc1)C(O)C1CCCCC1. The quantitative estimate of drug-likeness (QED) is 0.776. The standard InChI is InChI=1S/C12H16O3/c13-11(9-4-2-1-3-5-9)12(14)10-6-7-15-8-10/h6-9,11,13H,1-5H2. The Bertz CT molecular complexity index is 310. The van der Waals surface area contributed by atoms with Gasteiger partial charge in [0.25, 0.3) is 0 Å². The Hall–Kier alpha value is -1.09. The highest BCUT2D eigenvalue weighted by Crippen LogP contribution is 2.27. The lowest BCUT2D eigenvalue weighted by Crippen LogP contribution is -2.30. The largest absolute Gasteiger partial charge is 0.472 e. The topological polar surface area (TPSA) is 50.4 Å². The van der Waals surface area contributed by atoms with Gasteiger partial charge in [0, 0.05) is 0 Å². The minimum atomic E-state index is -0.845. The van der Waals surface area contributed by atoms with Crippen molar-refractivity contribution in [3.63, 3.8) is 0 Å². The zero-order chi connectivity index (χ0) is 10.7. The molecule has 1 aromatic heterocycles. The van der Waals surface area contributed by atoms with Gasteiger partial charge in [0.1, 0.15) is 12.4 Å². The molecule has 0 spiro atoms. The van der Waals surface area contributed by atoms with Crippen LogP contribution in [0.2, 0.25) is 0 Å². The number of Topliss-reactive ketones (excluding diaryl/α,β-unsaturated/α-hetero) is 1. The number of aliphatic hydroxyl groups is 1. The fourth-order valence-electron chi connectivity index (χ4n) is 2.24. The Morgan fingerprint density at radius 3 is 2.73 bits per heavy atom. The molecule has 1 unspecified atom stereocenters. The number of ketones is 1. The van der Waals surface area contributed by atoms with Gasteiger partial charge in [0.05, 0.1) is 11.8 Å². The summed E-state index contributed by atoms with van der Waals surface area (Å²) in [6.45, 7) is 0. The number of furan rings is 1. The molecule has 1 heterocycles. The molecule has 1 N–H and O–H groups in total. The van der Waals surface area contributed by atoms with Gasteiger partial charge in [0.2, 0.25) is 0 Å². The summed E-state index contributed by atoms with van der Waals surface area (Å²) in [5.41, 5.74) is 0.480. The lowest BCUT2D eigenvalue weighted by Gasteiger charge is -2.25. The van der Waals surface area contributed by atoms with Crippen molar-refractivity contribution in [2.75, 3.05) is 0 Å². The van der Waals surface area contributed by atoms with Crippen LogP contribution in [0, 0.1) is 5.92 Å². The molecule has 0 radical (unpaired) electrons. The van der Waals surface area contributed by atoms with Crippen LogP contribution in [0.25, 0.3) is 0 Å². The van der Waals surface area contributed by atoms with Crippen molar-refractivity contribution in [2.45, 2.75) is 38.2 Å². The van der Waals surface area contributed by atoms with Crippen LogP contribution in [-0.4, -0.2) is 17.0 Å². The summed E-state index contributed by atoms with van der Waals surface area (Å²) < 4.78 is 4.84. The third-order valence-corrected chi connectivity index (χ3v) is 3.17. The van der Waals surface area contributed by atoms with E-state index in [4.69, 9.17) is 4.42 Å². The van der Waals surface area contributed by atoms with E-state index in [1.807, 2.05) is 0 Å². The van der Waals surface area contributed by atoms with Gasteiger partial charge in [-0.05, 0) is 24.8 Å². The molecule has 3 heteroatoms. The average Bonchev–Trinajstić information content (AvgIpc) is 2.82. The Morgan fingerprint density at radius 1 is 1.40 bits per heavy atom. The van der Waals surface area contributed by atoms with Crippen LogP contribution in [0.4, 0.5) is 0 Å². The third-order valence-electron chi connectivity index (χ3n) is 3.17. The Balaban J connectivity index is 2.00. The second-order valence-electron chi connectivity index (χ2n) is 4.22. The summed E-state index contributed by atoms with van der Waals surface area (Å²) >= 11 is 0. The minimum Gasteiger partial charge on any atom is -0.472 e. The van der Waals surface area contributed by atoms with Crippen molar-refractivity contribution >= 4 is 5.78 Å². The number of aliphatic hydroxyl groups excluding tert-OH is 1. The maximum atomic E-state index is 11.8. The van der Waals surface area contributed by atoms with Crippen molar-refractivity contribution < 1.29 is 14.3 Å². The zero-order valence-corrected chi connectivity index (χ0v) is 8.69. The molecular weight excluding hydrogens is 192 g/mol. The number of hydrogen-bond donors (Lipinski definition) is 1. The van der Waals surface area contributed by atoms with Gasteiger partial charge in [-0.2, -0.15) is 0 Å². The predicted molar refractivity (Wildman–Crippen MR) is 55.6 cm³/mol. The van der Waals surface area contributed by atoms with Gasteiger partial charge in [-0.15, -0.1) is 0 Å². The van der Waals surface area contributed by atoms with E-state index in [1.54, 1.807) is 6.07 Å². The zero-order valence-electron chi connectivity index (χ0n) is 8.69. The van der Waals surface area contributed by atoms with Gasteiger partial charge in [0.15, 0.2) is 5.78 Å². The predicted octanol–water partition coefficient (Wildman–Crippen LogP) is 2.40. The lowest BCUT2D eigenvalue weighted by atomic mass is 9.83. The van der Waals surface area contributed by atoms with Crippen LogP contribution in [0.1, 0.15) is 42.5 Å². The lowest BCUT2D eigenvalue weighted by molar-refractivity contribution is 0.0534. The fourth-order valence-corrected chi connectivity index (χ4v) is 2.24. The molecule has 0 aromatic carbocycles. The summed E-state index contributed by atoms with van der Waals surface area (Å²) in [5, 5.41) is 9.92. The van der Waals surface area contributed by atoms with E-state index in [9.17, 15) is 9.90 Å². The molecular formula is C12H16O3. The van der Waals surface area contributed by atoms with E-state index >= 15 is 0 Å². The van der Waals surface area contributed by atoms with Crippen molar-refractivity contribution in [1.82, 2.24) is 0 Å². The molecule has 1 aromatic rings. The van der Waals surface area contributed by atoms with Crippen LogP contribution in [-0.2, 0) is 0 Å². The van der Waals surface area contributed by atoms with E-state index < -0.39 is 6.10 Å². The minimum absolute atomic E-state index is 0.140. The third kappa shape index (κ3) is 2.29. The number of carbonyl (C=O) groups is 1. The van der Waals surface area contributed by atoms with Crippen LogP contribution in [0.3, 0.4) is 0 Å². The fraction of sp³-hybridized carbons (Fsp3) is 0.583. The van der Waals surface area contributed by atoms with Crippen molar-refractivity contribution in [2.24, 2.45) is 5.92 Å². The molecule has 1 aliphatic rings. The summed E-state index contributed by atoms with van der Waals surface area (Å²) in [6.07, 6.45) is 7.41. The molecule has 82 valence electrons. The molecule has 0 bridgehead atoms. The molecule has 2 rings (SSSR count). The van der Waals surface area contributed by atoms with Crippen molar-refractivity contribution in [3.8, 4) is 0 Å². The molecule has 0 aliphatic heterocycles. The summed E-state index contributed by atoms with van der Waals surface area (Å²) in [6, 6.07) is 1.61. The van der Waals surface area contributed by atoms with E-state index in [0.29, 0.717) is 5.56 Å². The van der Waals surface area contributed by atoms with Gasteiger partial charge in [-0.1, -0.05) is 19.3 Å². The van der Waals surface area contributed by atoms with Crippen molar-refractivity contribution in [1.29, 1.82) is 0 Å². The molecule has 1 saturated carbocycles. The van der Waals surface area contributed by atoms with Gasteiger partial charge in [-0.25, -0.2) is 0 Å². The van der Waals surface area contributed by atoms with E-state index in [-0.39, 0.29) is 11.7 Å². The second-order valence-corrected chi connectivity index (χ2v) is 4.22. The first kappa shape index (κ1) is 10.4. The molecule has 1 atom stereocenters. The van der Waals surface area contributed by atoms with Crippen LogP contribution < -0.4 is 0 Å². The monoisotopic (exact) mass is 208 g/mol. The van der Waals surface area contributed by atoms with Gasteiger partial charge >= 0.3 is 0 Å². The average molecular weight is 208 g/mol. The summed E-state index contributed by atoms with van der Waals surface area (Å²) in [4.78, 5) is 11.8. The van der Waals surface area contributed by atoms with Crippen LogP contribution in [0.15, 0.2) is 23.0 Å². The number of carbonyl (C=O) groups excluding carboxylic acids is 1. The smallest absolute Gasteiger partial charge is 0.194 e. The van der Waals surface area contributed by atoms with Crippen LogP contribution in [0.5, 0.6) is 0 Å². The highest BCUT2D eigenvalue weighted by Gasteiger charge is 2.28.